The average Bonchev–Trinajstić information content (AvgIpc) is 3.96. The van der Waals surface area contributed by atoms with Crippen LogP contribution >= 0.6 is 0 Å². The second kappa shape index (κ2) is 13.8. The number of nitrogens with zero attached hydrogens (tertiary/aromatic N) is 1. The molecule has 0 aliphatic heterocycles. The molecule has 0 bridgehead atoms. The Balaban J connectivity index is 1.16. The zero-order valence-electron chi connectivity index (χ0n) is 35.7. The first-order valence-corrected chi connectivity index (χ1v) is 22.3. The first-order valence-electron chi connectivity index (χ1n) is 22.3. The molecule has 64 heavy (non-hydrogen) atoms. The Morgan fingerprint density at radius 2 is 0.922 bits per heavy atom. The van der Waals surface area contributed by atoms with E-state index >= 15 is 0 Å². The monoisotopic (exact) mass is 817 g/mol. The van der Waals surface area contributed by atoms with Gasteiger partial charge in [0, 0.05) is 33.1 Å². The highest BCUT2D eigenvalue weighted by Crippen LogP contribution is 2.59. The van der Waals surface area contributed by atoms with E-state index in [1.807, 2.05) is 0 Å². The van der Waals surface area contributed by atoms with Crippen molar-refractivity contribution in [3.8, 4) is 33.4 Å². The Morgan fingerprint density at radius 1 is 0.391 bits per heavy atom. The van der Waals surface area contributed by atoms with Crippen molar-refractivity contribution in [1.29, 1.82) is 0 Å². The van der Waals surface area contributed by atoms with Crippen molar-refractivity contribution < 1.29 is 4.42 Å². The molecule has 10 aromatic carbocycles. The Hall–Kier alpha value is -7.94. The van der Waals surface area contributed by atoms with Crippen LogP contribution in [0.2, 0.25) is 0 Å². The fourth-order valence-corrected chi connectivity index (χ4v) is 11.5. The molecule has 0 fully saturated rings. The van der Waals surface area contributed by atoms with Gasteiger partial charge in [0.1, 0.15) is 5.58 Å². The average molecular weight is 818 g/mol. The number of fused-ring (bicyclic) bond motifs is 11. The number of benzene rings is 10. The SMILES string of the molecule is CC1(C)c2ccccc2-c2ccc(N(c3ccc4c(c3)C(c3ccccc3)(c3ccccc3)c3ccccc3-4)c3c(-c4ccccc4)ccc4c3oc3ccc5ccccc5c34)cc21. The molecular formula is C62H43NO. The van der Waals surface area contributed by atoms with Crippen LogP contribution in [-0.2, 0) is 10.8 Å². The van der Waals surface area contributed by atoms with E-state index in [2.05, 4.69) is 243 Å². The predicted octanol–water partition coefficient (Wildman–Crippen LogP) is 16.5. The highest BCUT2D eigenvalue weighted by atomic mass is 16.3. The molecule has 2 aliphatic carbocycles. The van der Waals surface area contributed by atoms with Crippen LogP contribution < -0.4 is 4.90 Å². The second-order valence-corrected chi connectivity index (χ2v) is 18.0. The molecule has 0 saturated carbocycles. The van der Waals surface area contributed by atoms with Gasteiger partial charge in [0.15, 0.2) is 5.58 Å². The van der Waals surface area contributed by atoms with Crippen molar-refractivity contribution in [1.82, 2.24) is 0 Å². The summed E-state index contributed by atoms with van der Waals surface area (Å²) in [5, 5.41) is 4.61. The van der Waals surface area contributed by atoms with Crippen molar-refractivity contribution in [2.75, 3.05) is 4.90 Å². The number of rotatable bonds is 6. The van der Waals surface area contributed by atoms with Gasteiger partial charge < -0.3 is 9.32 Å². The van der Waals surface area contributed by atoms with E-state index in [1.165, 1.54) is 66.4 Å². The van der Waals surface area contributed by atoms with Crippen LogP contribution in [0.25, 0.3) is 66.1 Å². The molecule has 0 saturated heterocycles. The van der Waals surface area contributed by atoms with Crippen LogP contribution in [0.5, 0.6) is 0 Å². The summed E-state index contributed by atoms with van der Waals surface area (Å²) in [7, 11) is 0. The van der Waals surface area contributed by atoms with Crippen LogP contribution in [0.4, 0.5) is 17.1 Å². The van der Waals surface area contributed by atoms with Gasteiger partial charge in [-0.25, -0.2) is 0 Å². The quantitative estimate of drug-likeness (QED) is 0.166. The van der Waals surface area contributed by atoms with Crippen molar-refractivity contribution >= 4 is 49.8 Å². The first kappa shape index (κ1) is 36.7. The number of hydrogen-bond acceptors (Lipinski definition) is 2. The van der Waals surface area contributed by atoms with Crippen LogP contribution in [0.3, 0.4) is 0 Å². The second-order valence-electron chi connectivity index (χ2n) is 18.0. The fourth-order valence-electron chi connectivity index (χ4n) is 11.5. The van der Waals surface area contributed by atoms with Crippen LogP contribution in [0, 0.1) is 0 Å². The highest BCUT2D eigenvalue weighted by molar-refractivity contribution is 6.22. The maximum atomic E-state index is 7.24. The molecule has 1 heterocycles. The minimum atomic E-state index is -0.565. The molecule has 302 valence electrons. The van der Waals surface area contributed by atoms with Gasteiger partial charge in [-0.3, -0.25) is 0 Å². The molecule has 2 heteroatoms. The van der Waals surface area contributed by atoms with Crippen LogP contribution in [0.15, 0.2) is 229 Å². The molecule has 0 radical (unpaired) electrons. The Morgan fingerprint density at radius 3 is 1.62 bits per heavy atom. The lowest BCUT2D eigenvalue weighted by Gasteiger charge is -2.35. The standard InChI is InChI=1S/C62H43NO/c1-61(2)53-28-16-14-26-48(53)50-33-31-44(38-55(50)61)63(59-47(40-18-6-3-7-19-40)35-36-52-58-46-25-13-12-20-41(46)30-37-57(58)64-60(52)59)45-32-34-51-49-27-15-17-29-54(49)62(56(51)39-45,42-21-8-4-9-22-42)43-23-10-5-11-24-43/h3-39H,1-2H3. The molecule has 2 nitrogen and oxygen atoms in total. The molecule has 0 amide bonds. The van der Waals surface area contributed by atoms with Gasteiger partial charge in [-0.15, -0.1) is 0 Å². The molecule has 0 atom stereocenters. The molecule has 0 unspecified atom stereocenters. The molecule has 2 aliphatic rings. The van der Waals surface area contributed by atoms with E-state index in [1.54, 1.807) is 0 Å². The summed E-state index contributed by atoms with van der Waals surface area (Å²) < 4.78 is 7.24. The first-order chi connectivity index (χ1) is 31.5. The van der Waals surface area contributed by atoms with Gasteiger partial charge in [-0.05, 0) is 108 Å². The van der Waals surface area contributed by atoms with Gasteiger partial charge in [0.2, 0.25) is 0 Å². The summed E-state index contributed by atoms with van der Waals surface area (Å²) in [6.07, 6.45) is 0. The van der Waals surface area contributed by atoms with Gasteiger partial charge >= 0.3 is 0 Å². The molecular weight excluding hydrogens is 775 g/mol. The van der Waals surface area contributed by atoms with Crippen molar-refractivity contribution in [2.24, 2.45) is 0 Å². The Labute approximate surface area is 373 Å². The minimum Gasteiger partial charge on any atom is -0.454 e. The summed E-state index contributed by atoms with van der Waals surface area (Å²) in [5.74, 6) is 0. The molecule has 11 aromatic rings. The van der Waals surface area contributed by atoms with Crippen LogP contribution in [0.1, 0.15) is 47.2 Å². The van der Waals surface area contributed by atoms with E-state index in [0.29, 0.717) is 0 Å². The topological polar surface area (TPSA) is 16.4 Å². The Bertz CT molecular complexity index is 3600. The molecule has 0 N–H and O–H groups in total. The van der Waals surface area contributed by atoms with Gasteiger partial charge in [0.25, 0.3) is 0 Å². The third kappa shape index (κ3) is 5.08. The minimum absolute atomic E-state index is 0.199. The van der Waals surface area contributed by atoms with Gasteiger partial charge in [-0.1, -0.05) is 202 Å². The molecule has 13 rings (SSSR count). The lowest BCUT2D eigenvalue weighted by Crippen LogP contribution is -2.28. The van der Waals surface area contributed by atoms with Crippen molar-refractivity contribution in [2.45, 2.75) is 24.7 Å². The zero-order valence-corrected chi connectivity index (χ0v) is 35.7. The lowest BCUT2D eigenvalue weighted by molar-refractivity contribution is 0.660. The fraction of sp³-hybridized carbons (Fsp3) is 0.0645. The number of hydrogen-bond donors (Lipinski definition) is 0. The van der Waals surface area contributed by atoms with Crippen molar-refractivity contribution in [3.63, 3.8) is 0 Å². The van der Waals surface area contributed by atoms with E-state index in [-0.39, 0.29) is 5.41 Å². The van der Waals surface area contributed by atoms with Crippen molar-refractivity contribution in [3.05, 3.63) is 258 Å². The number of anilines is 3. The maximum absolute atomic E-state index is 7.24. The van der Waals surface area contributed by atoms with E-state index in [0.717, 1.165) is 50.1 Å². The predicted molar refractivity (Wildman–Crippen MR) is 266 cm³/mol. The maximum Gasteiger partial charge on any atom is 0.160 e. The Kier molecular flexibility index (Phi) is 7.90. The largest absolute Gasteiger partial charge is 0.454 e. The normalized spacial score (nSPS) is 14.0. The summed E-state index contributed by atoms with van der Waals surface area (Å²) >= 11 is 0. The van der Waals surface area contributed by atoms with Gasteiger partial charge in [-0.2, -0.15) is 0 Å². The summed E-state index contributed by atoms with van der Waals surface area (Å²) in [6, 6.07) is 82.8. The highest BCUT2D eigenvalue weighted by Gasteiger charge is 2.46. The zero-order chi connectivity index (χ0) is 42.6. The lowest BCUT2D eigenvalue weighted by atomic mass is 9.67. The number of furan rings is 1. The van der Waals surface area contributed by atoms with Crippen LogP contribution in [-0.4, -0.2) is 0 Å². The third-order valence-corrected chi connectivity index (χ3v) is 14.3. The molecule has 0 spiro atoms. The molecule has 1 aromatic heterocycles. The smallest absolute Gasteiger partial charge is 0.160 e. The van der Waals surface area contributed by atoms with E-state index in [9.17, 15) is 0 Å². The van der Waals surface area contributed by atoms with E-state index in [4.69, 9.17) is 4.42 Å². The van der Waals surface area contributed by atoms with Gasteiger partial charge in [0.05, 0.1) is 11.1 Å². The van der Waals surface area contributed by atoms with E-state index < -0.39 is 5.41 Å². The third-order valence-electron chi connectivity index (χ3n) is 14.3. The summed E-state index contributed by atoms with van der Waals surface area (Å²) in [6.45, 7) is 4.74. The summed E-state index contributed by atoms with van der Waals surface area (Å²) in [4.78, 5) is 2.50. The summed E-state index contributed by atoms with van der Waals surface area (Å²) in [5.41, 5.74) is 19.1.